The molecule has 0 saturated heterocycles. The van der Waals surface area contributed by atoms with Crippen LogP contribution in [0.4, 0.5) is 0 Å². The number of Topliss-reactive ketones (excluding diaryl/α,β-unsaturated/α-hetero) is 1. The number of carbonyl (C=O) groups excluding carboxylic acids is 1. The van der Waals surface area contributed by atoms with E-state index >= 15 is 0 Å². The molecule has 0 aliphatic heterocycles. The summed E-state index contributed by atoms with van der Waals surface area (Å²) in [5.41, 5.74) is 0. The van der Waals surface area contributed by atoms with E-state index in [-0.39, 0.29) is 11.8 Å². The highest BCUT2D eigenvalue weighted by molar-refractivity contribution is 5.85. The quantitative estimate of drug-likeness (QED) is 0.584. The van der Waals surface area contributed by atoms with Gasteiger partial charge in [-0.25, -0.2) is 0 Å². The maximum atomic E-state index is 11.6. The average molecular weight is 164 g/mol. The first-order valence-corrected chi connectivity index (χ1v) is 4.55. The lowest BCUT2D eigenvalue weighted by molar-refractivity contribution is -0.123. The van der Waals surface area contributed by atoms with Crippen molar-refractivity contribution in [1.29, 1.82) is 0 Å². The molecule has 1 fully saturated rings. The van der Waals surface area contributed by atoms with Crippen LogP contribution in [-0.4, -0.2) is 5.78 Å². The second kappa shape index (κ2) is 4.24. The van der Waals surface area contributed by atoms with Gasteiger partial charge >= 0.3 is 0 Å². The molecule has 0 bridgehead atoms. The Labute approximate surface area is 74.2 Å². The van der Waals surface area contributed by atoms with Crippen LogP contribution in [0.3, 0.4) is 0 Å². The van der Waals surface area contributed by atoms with Gasteiger partial charge in [-0.2, -0.15) is 0 Å². The van der Waals surface area contributed by atoms with Crippen LogP contribution in [0, 0.1) is 11.8 Å². The van der Waals surface area contributed by atoms with Gasteiger partial charge in [-0.15, -0.1) is 13.2 Å². The van der Waals surface area contributed by atoms with Crippen LogP contribution in [0.1, 0.15) is 25.7 Å². The predicted octanol–water partition coefficient (Wildman–Crippen LogP) is 2.73. The Kier molecular flexibility index (Phi) is 3.27. The lowest BCUT2D eigenvalue weighted by Crippen LogP contribution is -2.12. The monoisotopic (exact) mass is 164 g/mol. The molecular weight excluding hydrogens is 148 g/mol. The number of hydrogen-bond donors (Lipinski definition) is 0. The molecule has 66 valence electrons. The topological polar surface area (TPSA) is 17.1 Å². The molecule has 0 heterocycles. The fraction of sp³-hybridized carbons (Fsp3) is 0.545. The van der Waals surface area contributed by atoms with Crippen molar-refractivity contribution < 1.29 is 4.79 Å². The number of rotatable bonds is 4. The van der Waals surface area contributed by atoms with Crippen molar-refractivity contribution in [1.82, 2.24) is 0 Å². The van der Waals surface area contributed by atoms with Crippen molar-refractivity contribution in [2.75, 3.05) is 0 Å². The molecule has 2 unspecified atom stereocenters. The van der Waals surface area contributed by atoms with Crippen LogP contribution in [-0.2, 0) is 4.79 Å². The number of allylic oxidation sites excluding steroid dienone is 2. The van der Waals surface area contributed by atoms with E-state index in [0.717, 1.165) is 25.7 Å². The smallest absolute Gasteiger partial charge is 0.139 e. The molecule has 2 atom stereocenters. The van der Waals surface area contributed by atoms with Crippen molar-refractivity contribution in [2.24, 2.45) is 11.8 Å². The molecule has 1 saturated carbocycles. The minimum atomic E-state index is 0.257. The summed E-state index contributed by atoms with van der Waals surface area (Å²) >= 11 is 0. The van der Waals surface area contributed by atoms with Crippen LogP contribution in [0.25, 0.3) is 0 Å². The van der Waals surface area contributed by atoms with Crippen LogP contribution in [0.2, 0.25) is 0 Å². The van der Waals surface area contributed by atoms with Crippen LogP contribution in [0.5, 0.6) is 0 Å². The first-order chi connectivity index (χ1) is 5.79. The Morgan fingerprint density at radius 1 is 1.17 bits per heavy atom. The Morgan fingerprint density at radius 2 is 1.58 bits per heavy atom. The van der Waals surface area contributed by atoms with Gasteiger partial charge in [-0.3, -0.25) is 4.79 Å². The molecule has 0 aromatic heterocycles. The summed E-state index contributed by atoms with van der Waals surface area (Å²) in [6, 6.07) is 0. The van der Waals surface area contributed by atoms with Gasteiger partial charge in [0.1, 0.15) is 5.78 Å². The number of ketones is 1. The van der Waals surface area contributed by atoms with Gasteiger partial charge in [-0.05, 0) is 25.7 Å². The molecule has 1 nitrogen and oxygen atoms in total. The summed E-state index contributed by atoms with van der Waals surface area (Å²) in [5, 5.41) is 0. The van der Waals surface area contributed by atoms with Gasteiger partial charge in [0.15, 0.2) is 0 Å². The minimum absolute atomic E-state index is 0.257. The van der Waals surface area contributed by atoms with E-state index in [4.69, 9.17) is 0 Å². The Morgan fingerprint density at radius 3 is 1.92 bits per heavy atom. The highest BCUT2D eigenvalue weighted by atomic mass is 16.1. The Bertz CT molecular complexity index is 173. The van der Waals surface area contributed by atoms with E-state index in [2.05, 4.69) is 13.2 Å². The maximum absolute atomic E-state index is 11.6. The Balaban J connectivity index is 2.48. The summed E-state index contributed by atoms with van der Waals surface area (Å²) in [6.07, 6.45) is 7.49. The van der Waals surface area contributed by atoms with E-state index in [0.29, 0.717) is 5.78 Å². The predicted molar refractivity (Wildman–Crippen MR) is 50.8 cm³/mol. The van der Waals surface area contributed by atoms with Crippen molar-refractivity contribution in [3.8, 4) is 0 Å². The second-order valence-corrected chi connectivity index (χ2v) is 3.42. The zero-order valence-corrected chi connectivity index (χ0v) is 7.46. The molecular formula is C11H16O. The fourth-order valence-corrected chi connectivity index (χ4v) is 1.89. The van der Waals surface area contributed by atoms with E-state index in [9.17, 15) is 4.79 Å². The zero-order chi connectivity index (χ0) is 8.97. The molecule has 1 heteroatoms. The SMILES string of the molecule is C=CCC1CCC(CC=C)C1=O. The normalized spacial score (nSPS) is 28.8. The van der Waals surface area contributed by atoms with Gasteiger partial charge in [0.05, 0.1) is 0 Å². The summed E-state index contributed by atoms with van der Waals surface area (Å²) in [5.74, 6) is 0.940. The second-order valence-electron chi connectivity index (χ2n) is 3.42. The fourth-order valence-electron chi connectivity index (χ4n) is 1.89. The molecule has 1 aliphatic carbocycles. The summed E-state index contributed by atoms with van der Waals surface area (Å²) in [4.78, 5) is 11.6. The van der Waals surface area contributed by atoms with Gasteiger partial charge in [0, 0.05) is 11.8 Å². The average Bonchev–Trinajstić information content (AvgIpc) is 2.38. The first-order valence-electron chi connectivity index (χ1n) is 4.55. The van der Waals surface area contributed by atoms with Crippen molar-refractivity contribution >= 4 is 5.78 Å². The maximum Gasteiger partial charge on any atom is 0.139 e. The van der Waals surface area contributed by atoms with E-state index in [1.54, 1.807) is 0 Å². The molecule has 0 aromatic carbocycles. The highest BCUT2D eigenvalue weighted by Gasteiger charge is 2.31. The van der Waals surface area contributed by atoms with Gasteiger partial charge in [0.25, 0.3) is 0 Å². The molecule has 0 aromatic rings. The van der Waals surface area contributed by atoms with E-state index < -0.39 is 0 Å². The minimum Gasteiger partial charge on any atom is -0.299 e. The lowest BCUT2D eigenvalue weighted by atomic mass is 9.98. The third-order valence-electron chi connectivity index (χ3n) is 2.57. The van der Waals surface area contributed by atoms with Gasteiger partial charge < -0.3 is 0 Å². The molecule has 0 N–H and O–H groups in total. The standard InChI is InChI=1S/C11H16O/c1-3-5-9-7-8-10(6-4-2)11(9)12/h3-4,9-10H,1-2,5-8H2. The first kappa shape index (κ1) is 9.24. The van der Waals surface area contributed by atoms with Crippen LogP contribution >= 0.6 is 0 Å². The summed E-state index contributed by atoms with van der Waals surface area (Å²) in [6.45, 7) is 7.31. The third kappa shape index (κ3) is 1.84. The molecule has 12 heavy (non-hydrogen) atoms. The highest BCUT2D eigenvalue weighted by Crippen LogP contribution is 2.31. The van der Waals surface area contributed by atoms with Crippen molar-refractivity contribution in [2.45, 2.75) is 25.7 Å². The van der Waals surface area contributed by atoms with Crippen LogP contribution < -0.4 is 0 Å². The summed E-state index contributed by atoms with van der Waals surface area (Å²) in [7, 11) is 0. The zero-order valence-electron chi connectivity index (χ0n) is 7.46. The van der Waals surface area contributed by atoms with Crippen LogP contribution in [0.15, 0.2) is 25.3 Å². The largest absolute Gasteiger partial charge is 0.299 e. The van der Waals surface area contributed by atoms with Gasteiger partial charge in [-0.1, -0.05) is 12.2 Å². The van der Waals surface area contributed by atoms with E-state index in [1.165, 1.54) is 0 Å². The van der Waals surface area contributed by atoms with Gasteiger partial charge in [0.2, 0.25) is 0 Å². The number of hydrogen-bond acceptors (Lipinski definition) is 1. The molecule has 1 aliphatic rings. The Hall–Kier alpha value is -0.850. The lowest BCUT2D eigenvalue weighted by Gasteiger charge is -2.05. The summed E-state index contributed by atoms with van der Waals surface area (Å²) < 4.78 is 0. The van der Waals surface area contributed by atoms with E-state index in [1.807, 2.05) is 12.2 Å². The van der Waals surface area contributed by atoms with Crippen molar-refractivity contribution in [3.05, 3.63) is 25.3 Å². The molecule has 0 radical (unpaired) electrons. The molecule has 0 amide bonds. The molecule has 1 rings (SSSR count). The van der Waals surface area contributed by atoms with Crippen molar-refractivity contribution in [3.63, 3.8) is 0 Å². The molecule has 0 spiro atoms. The third-order valence-corrected chi connectivity index (χ3v) is 2.57. The number of carbonyl (C=O) groups is 1.